The normalized spacial score (nSPS) is 14.0. The fraction of sp³-hybridized carbons (Fsp3) is 0.250. The molecule has 1 aromatic carbocycles. The van der Waals surface area contributed by atoms with Gasteiger partial charge < -0.3 is 9.72 Å². The van der Waals surface area contributed by atoms with Gasteiger partial charge in [-0.05, 0) is 55.0 Å². The van der Waals surface area contributed by atoms with E-state index in [0.29, 0.717) is 15.8 Å². The highest BCUT2D eigenvalue weighted by molar-refractivity contribution is 7.18. The van der Waals surface area contributed by atoms with Gasteiger partial charge in [-0.2, -0.15) is 5.26 Å². The molecular formula is C20H16FN3O2S. The third-order valence-corrected chi connectivity index (χ3v) is 5.87. The number of halogens is 1. The molecule has 0 bridgehead atoms. The van der Waals surface area contributed by atoms with E-state index in [2.05, 4.69) is 9.97 Å². The second kappa shape index (κ2) is 6.97. The number of aromatic nitrogens is 2. The van der Waals surface area contributed by atoms with Gasteiger partial charge in [0.1, 0.15) is 10.9 Å². The van der Waals surface area contributed by atoms with E-state index >= 15 is 0 Å². The number of rotatable bonds is 3. The van der Waals surface area contributed by atoms with E-state index in [4.69, 9.17) is 4.74 Å². The minimum atomic E-state index is -0.522. The summed E-state index contributed by atoms with van der Waals surface area (Å²) in [5.74, 6) is -0.195. The lowest BCUT2D eigenvalue weighted by atomic mass is 9.97. The van der Waals surface area contributed by atoms with Crippen LogP contribution in [0.25, 0.3) is 21.9 Å². The number of aryl methyl sites for hydroxylation is 2. The van der Waals surface area contributed by atoms with Crippen LogP contribution in [-0.2, 0) is 12.8 Å². The van der Waals surface area contributed by atoms with Crippen LogP contribution in [0.5, 0.6) is 5.75 Å². The summed E-state index contributed by atoms with van der Waals surface area (Å²) >= 11 is 1.53. The maximum absolute atomic E-state index is 13.9. The lowest BCUT2D eigenvalue weighted by Crippen LogP contribution is -2.12. The summed E-state index contributed by atoms with van der Waals surface area (Å²) in [5.41, 5.74) is 1.53. The van der Waals surface area contributed by atoms with Crippen LogP contribution >= 0.6 is 11.3 Å². The Labute approximate surface area is 158 Å². The first-order valence-electron chi connectivity index (χ1n) is 8.61. The van der Waals surface area contributed by atoms with Crippen LogP contribution in [0.1, 0.15) is 34.7 Å². The summed E-state index contributed by atoms with van der Waals surface area (Å²) in [6.45, 7) is 0. The molecule has 27 heavy (non-hydrogen) atoms. The number of aromatic amines is 1. The fourth-order valence-electron chi connectivity index (χ4n) is 3.38. The third kappa shape index (κ3) is 3.13. The number of fused-ring (bicyclic) bond motifs is 3. The molecule has 1 aliphatic carbocycles. The number of hydrogen-bond acceptors (Lipinski definition) is 5. The zero-order chi connectivity index (χ0) is 19.0. The smallest absolute Gasteiger partial charge is 0.260 e. The molecule has 2 heterocycles. The predicted octanol–water partition coefficient (Wildman–Crippen LogP) is 4.08. The van der Waals surface area contributed by atoms with Crippen molar-refractivity contribution in [3.63, 3.8) is 0 Å². The Morgan fingerprint density at radius 1 is 1.41 bits per heavy atom. The number of nitrogens with one attached hydrogen (secondary N) is 1. The van der Waals surface area contributed by atoms with Crippen molar-refractivity contribution in [2.24, 2.45) is 0 Å². The van der Waals surface area contributed by atoms with Crippen LogP contribution < -0.4 is 10.3 Å². The summed E-state index contributed by atoms with van der Waals surface area (Å²) in [6.07, 6.45) is 5.56. The third-order valence-electron chi connectivity index (χ3n) is 4.69. The predicted molar refractivity (Wildman–Crippen MR) is 103 cm³/mol. The van der Waals surface area contributed by atoms with E-state index in [9.17, 15) is 14.4 Å². The van der Waals surface area contributed by atoms with E-state index in [1.165, 1.54) is 41.5 Å². The van der Waals surface area contributed by atoms with Gasteiger partial charge in [-0.15, -0.1) is 11.3 Å². The van der Waals surface area contributed by atoms with Crippen LogP contribution in [0.15, 0.2) is 23.0 Å². The van der Waals surface area contributed by atoms with Crippen molar-refractivity contribution in [3.05, 3.63) is 56.2 Å². The van der Waals surface area contributed by atoms with Gasteiger partial charge in [-0.25, -0.2) is 9.37 Å². The average molecular weight is 381 g/mol. The Morgan fingerprint density at radius 3 is 2.96 bits per heavy atom. The molecule has 0 amide bonds. The molecular weight excluding hydrogens is 365 g/mol. The Balaban J connectivity index is 1.81. The number of H-pyrrole nitrogens is 1. The fourth-order valence-corrected chi connectivity index (χ4v) is 4.65. The summed E-state index contributed by atoms with van der Waals surface area (Å²) in [5, 5.41) is 10.2. The van der Waals surface area contributed by atoms with E-state index in [0.717, 1.165) is 31.2 Å². The van der Waals surface area contributed by atoms with Crippen molar-refractivity contribution in [3.8, 4) is 11.8 Å². The molecule has 7 heteroatoms. The topological polar surface area (TPSA) is 78.8 Å². The van der Waals surface area contributed by atoms with E-state index in [-0.39, 0.29) is 22.7 Å². The molecule has 0 saturated heterocycles. The molecule has 0 aliphatic heterocycles. The van der Waals surface area contributed by atoms with Gasteiger partial charge in [0.15, 0.2) is 17.4 Å². The van der Waals surface area contributed by atoms with Crippen molar-refractivity contribution in [1.82, 2.24) is 9.97 Å². The highest BCUT2D eigenvalue weighted by Gasteiger charge is 2.20. The standard InChI is InChI=1S/C20H16FN3O2S/c1-26-15-7-6-11(9-14(15)21)8-12(10-22)18-23-19(25)17-13-4-2-3-5-16(13)27-20(17)24-18/h6-9H,2-5H2,1H3,(H,23,24,25)/b12-8+. The highest BCUT2D eigenvalue weighted by atomic mass is 32.1. The average Bonchev–Trinajstić information content (AvgIpc) is 3.05. The van der Waals surface area contributed by atoms with Crippen LogP contribution in [0.2, 0.25) is 0 Å². The number of allylic oxidation sites excluding steroid dienone is 1. The molecule has 136 valence electrons. The summed E-state index contributed by atoms with van der Waals surface area (Å²) < 4.78 is 18.8. The first-order valence-corrected chi connectivity index (χ1v) is 9.42. The minimum Gasteiger partial charge on any atom is -0.494 e. The van der Waals surface area contributed by atoms with E-state index in [1.54, 1.807) is 6.07 Å². The molecule has 0 spiro atoms. The Bertz CT molecular complexity index is 1170. The first-order chi connectivity index (χ1) is 13.1. The van der Waals surface area contributed by atoms with Gasteiger partial charge in [0.2, 0.25) is 0 Å². The molecule has 5 nitrogen and oxygen atoms in total. The number of nitrogens with zero attached hydrogens (tertiary/aromatic N) is 2. The molecule has 0 atom stereocenters. The summed E-state index contributed by atoms with van der Waals surface area (Å²) in [7, 11) is 1.39. The van der Waals surface area contributed by atoms with Crippen molar-refractivity contribution in [2.45, 2.75) is 25.7 Å². The molecule has 0 saturated carbocycles. The maximum atomic E-state index is 13.9. The number of benzene rings is 1. The van der Waals surface area contributed by atoms with Gasteiger partial charge >= 0.3 is 0 Å². The minimum absolute atomic E-state index is 0.128. The SMILES string of the molecule is COc1ccc(/C=C(\C#N)c2nc3sc4c(c3c(=O)[nH]2)CCCC4)cc1F. The Kier molecular flexibility index (Phi) is 4.50. The van der Waals surface area contributed by atoms with Crippen molar-refractivity contribution < 1.29 is 9.13 Å². The van der Waals surface area contributed by atoms with Crippen molar-refractivity contribution >= 4 is 33.2 Å². The number of methoxy groups -OCH3 is 1. The maximum Gasteiger partial charge on any atom is 0.260 e. The van der Waals surface area contributed by atoms with Crippen LogP contribution in [-0.4, -0.2) is 17.1 Å². The number of ether oxygens (including phenoxy) is 1. The van der Waals surface area contributed by atoms with E-state index in [1.807, 2.05) is 6.07 Å². The molecule has 4 rings (SSSR count). The van der Waals surface area contributed by atoms with Gasteiger partial charge in [0.05, 0.1) is 18.1 Å². The second-order valence-corrected chi connectivity index (χ2v) is 7.45. The second-order valence-electron chi connectivity index (χ2n) is 6.37. The van der Waals surface area contributed by atoms with Crippen molar-refractivity contribution in [2.75, 3.05) is 7.11 Å². The molecule has 0 radical (unpaired) electrons. The monoisotopic (exact) mass is 381 g/mol. The zero-order valence-electron chi connectivity index (χ0n) is 14.6. The molecule has 0 unspecified atom stereocenters. The lowest BCUT2D eigenvalue weighted by Gasteiger charge is -2.09. The molecule has 0 fully saturated rings. The Hall–Kier alpha value is -2.98. The van der Waals surface area contributed by atoms with Crippen LogP contribution in [0.3, 0.4) is 0 Å². The molecule has 3 aromatic rings. The number of hydrogen-bond donors (Lipinski definition) is 1. The van der Waals surface area contributed by atoms with Crippen LogP contribution in [0.4, 0.5) is 4.39 Å². The van der Waals surface area contributed by atoms with E-state index < -0.39 is 5.82 Å². The summed E-state index contributed by atoms with van der Waals surface area (Å²) in [4.78, 5) is 21.8. The van der Waals surface area contributed by atoms with Gasteiger partial charge in [-0.1, -0.05) is 6.07 Å². The van der Waals surface area contributed by atoms with Crippen LogP contribution in [0, 0.1) is 17.1 Å². The lowest BCUT2D eigenvalue weighted by molar-refractivity contribution is 0.386. The summed E-state index contributed by atoms with van der Waals surface area (Å²) in [6, 6.07) is 6.45. The Morgan fingerprint density at radius 2 is 2.22 bits per heavy atom. The molecule has 2 aromatic heterocycles. The van der Waals surface area contributed by atoms with Gasteiger partial charge in [-0.3, -0.25) is 4.79 Å². The van der Waals surface area contributed by atoms with Crippen molar-refractivity contribution in [1.29, 1.82) is 5.26 Å². The highest BCUT2D eigenvalue weighted by Crippen LogP contribution is 2.34. The molecule has 1 N–H and O–H groups in total. The molecule has 1 aliphatic rings. The van der Waals surface area contributed by atoms with Gasteiger partial charge in [0.25, 0.3) is 5.56 Å². The first kappa shape index (κ1) is 17.4. The quantitative estimate of drug-likeness (QED) is 0.694. The number of nitriles is 1. The largest absolute Gasteiger partial charge is 0.494 e. The number of thiophene rings is 1. The zero-order valence-corrected chi connectivity index (χ0v) is 15.5. The van der Waals surface area contributed by atoms with Gasteiger partial charge in [0, 0.05) is 4.88 Å².